The van der Waals surface area contributed by atoms with Gasteiger partial charge in [0.1, 0.15) is 5.01 Å². The molecule has 0 radical (unpaired) electrons. The molecular formula is C13H16N2S2. The zero-order valence-electron chi connectivity index (χ0n) is 10.3. The standard InChI is InChI=1S/C13H16N2S2/c1-9-4-5-12(16-3)10(6-9)11-8-17-13(15-11)7-14-2/h4-6,8,14H,7H2,1-3H3. The quantitative estimate of drug-likeness (QED) is 0.855. The van der Waals surface area contributed by atoms with Crippen LogP contribution in [0.15, 0.2) is 28.5 Å². The Bertz CT molecular complexity index is 506. The van der Waals surface area contributed by atoms with E-state index in [0.717, 1.165) is 17.2 Å². The molecular weight excluding hydrogens is 248 g/mol. The Morgan fingerprint density at radius 3 is 2.94 bits per heavy atom. The first-order valence-electron chi connectivity index (χ1n) is 5.48. The van der Waals surface area contributed by atoms with E-state index in [9.17, 15) is 0 Å². The lowest BCUT2D eigenvalue weighted by molar-refractivity contribution is 0.810. The summed E-state index contributed by atoms with van der Waals surface area (Å²) < 4.78 is 0. The van der Waals surface area contributed by atoms with Gasteiger partial charge >= 0.3 is 0 Å². The van der Waals surface area contributed by atoms with Crippen LogP contribution < -0.4 is 5.32 Å². The molecule has 2 nitrogen and oxygen atoms in total. The summed E-state index contributed by atoms with van der Waals surface area (Å²) in [5.74, 6) is 0. The van der Waals surface area contributed by atoms with E-state index < -0.39 is 0 Å². The van der Waals surface area contributed by atoms with Crippen molar-refractivity contribution in [1.82, 2.24) is 10.3 Å². The normalized spacial score (nSPS) is 10.8. The van der Waals surface area contributed by atoms with Gasteiger partial charge in [-0.2, -0.15) is 0 Å². The van der Waals surface area contributed by atoms with Gasteiger partial charge < -0.3 is 5.32 Å². The zero-order valence-corrected chi connectivity index (χ0v) is 11.9. The molecule has 0 aliphatic heterocycles. The van der Waals surface area contributed by atoms with E-state index in [0.29, 0.717) is 0 Å². The maximum atomic E-state index is 4.66. The maximum Gasteiger partial charge on any atom is 0.107 e. The molecule has 2 aromatic rings. The van der Waals surface area contributed by atoms with Crippen molar-refractivity contribution in [1.29, 1.82) is 0 Å². The Morgan fingerprint density at radius 1 is 1.41 bits per heavy atom. The molecule has 2 rings (SSSR count). The first-order valence-corrected chi connectivity index (χ1v) is 7.59. The van der Waals surface area contributed by atoms with Gasteiger partial charge in [-0.25, -0.2) is 4.98 Å². The molecule has 0 aliphatic carbocycles. The largest absolute Gasteiger partial charge is 0.314 e. The van der Waals surface area contributed by atoms with Gasteiger partial charge in [0.25, 0.3) is 0 Å². The molecule has 0 bridgehead atoms. The lowest BCUT2D eigenvalue weighted by Crippen LogP contribution is -2.04. The van der Waals surface area contributed by atoms with Crippen molar-refractivity contribution in [2.24, 2.45) is 0 Å². The summed E-state index contributed by atoms with van der Waals surface area (Å²) in [7, 11) is 1.95. The topological polar surface area (TPSA) is 24.9 Å². The van der Waals surface area contributed by atoms with Gasteiger partial charge in [-0.1, -0.05) is 11.6 Å². The first-order chi connectivity index (χ1) is 8.24. The number of thioether (sulfide) groups is 1. The molecule has 0 spiro atoms. The average molecular weight is 264 g/mol. The number of benzene rings is 1. The number of aromatic nitrogens is 1. The fourth-order valence-electron chi connectivity index (χ4n) is 1.69. The maximum absolute atomic E-state index is 4.66. The summed E-state index contributed by atoms with van der Waals surface area (Å²) in [6.07, 6.45) is 2.11. The Kier molecular flexibility index (Phi) is 4.20. The van der Waals surface area contributed by atoms with Gasteiger partial charge in [0.05, 0.1) is 5.69 Å². The van der Waals surface area contributed by atoms with Crippen molar-refractivity contribution in [3.8, 4) is 11.3 Å². The molecule has 4 heteroatoms. The summed E-state index contributed by atoms with van der Waals surface area (Å²) in [4.78, 5) is 5.95. The van der Waals surface area contributed by atoms with Gasteiger partial charge in [0, 0.05) is 22.4 Å². The van der Waals surface area contributed by atoms with E-state index >= 15 is 0 Å². The second-order valence-electron chi connectivity index (χ2n) is 3.86. The third-order valence-corrected chi connectivity index (χ3v) is 4.16. The molecule has 1 aromatic carbocycles. The van der Waals surface area contributed by atoms with E-state index in [4.69, 9.17) is 0 Å². The molecule has 1 heterocycles. The van der Waals surface area contributed by atoms with E-state index in [1.165, 1.54) is 16.0 Å². The van der Waals surface area contributed by atoms with E-state index in [2.05, 4.69) is 47.1 Å². The van der Waals surface area contributed by atoms with Gasteiger partial charge in [0.15, 0.2) is 0 Å². The van der Waals surface area contributed by atoms with Gasteiger partial charge in [-0.15, -0.1) is 23.1 Å². The van der Waals surface area contributed by atoms with Crippen LogP contribution in [0.2, 0.25) is 0 Å². The third kappa shape index (κ3) is 2.89. The summed E-state index contributed by atoms with van der Waals surface area (Å²) >= 11 is 3.48. The Labute approximate surface area is 110 Å². The molecule has 0 amide bonds. The minimum atomic E-state index is 0.838. The van der Waals surface area contributed by atoms with Gasteiger partial charge in [0.2, 0.25) is 0 Å². The van der Waals surface area contributed by atoms with Crippen molar-refractivity contribution in [2.45, 2.75) is 18.4 Å². The van der Waals surface area contributed by atoms with Crippen molar-refractivity contribution in [3.63, 3.8) is 0 Å². The number of nitrogens with one attached hydrogen (secondary N) is 1. The van der Waals surface area contributed by atoms with Crippen LogP contribution >= 0.6 is 23.1 Å². The summed E-state index contributed by atoms with van der Waals surface area (Å²) in [6, 6.07) is 6.53. The van der Waals surface area contributed by atoms with Crippen LogP contribution in [0.1, 0.15) is 10.6 Å². The van der Waals surface area contributed by atoms with E-state index in [1.54, 1.807) is 23.1 Å². The van der Waals surface area contributed by atoms with Gasteiger partial charge in [-0.3, -0.25) is 0 Å². The lowest BCUT2D eigenvalue weighted by atomic mass is 10.1. The molecule has 0 saturated heterocycles. The van der Waals surface area contributed by atoms with Crippen LogP contribution in [-0.2, 0) is 6.54 Å². The third-order valence-electron chi connectivity index (χ3n) is 2.51. The lowest BCUT2D eigenvalue weighted by Gasteiger charge is -2.05. The van der Waals surface area contributed by atoms with Crippen LogP contribution in [-0.4, -0.2) is 18.3 Å². The molecule has 90 valence electrons. The monoisotopic (exact) mass is 264 g/mol. The van der Waals surface area contributed by atoms with Crippen LogP contribution in [0.25, 0.3) is 11.3 Å². The highest BCUT2D eigenvalue weighted by atomic mass is 32.2. The number of thiazole rings is 1. The van der Waals surface area contributed by atoms with Crippen molar-refractivity contribution >= 4 is 23.1 Å². The molecule has 1 aromatic heterocycles. The first kappa shape index (κ1) is 12.6. The smallest absolute Gasteiger partial charge is 0.107 e. The fraction of sp³-hybridized carbons (Fsp3) is 0.308. The van der Waals surface area contributed by atoms with Crippen LogP contribution in [0.3, 0.4) is 0 Å². The molecule has 0 fully saturated rings. The second-order valence-corrected chi connectivity index (χ2v) is 5.65. The predicted molar refractivity (Wildman–Crippen MR) is 76.8 cm³/mol. The highest BCUT2D eigenvalue weighted by Crippen LogP contribution is 2.31. The van der Waals surface area contributed by atoms with Crippen molar-refractivity contribution < 1.29 is 0 Å². The molecule has 0 saturated carbocycles. The zero-order chi connectivity index (χ0) is 12.3. The fourth-order valence-corrected chi connectivity index (χ4v) is 3.08. The molecule has 0 unspecified atom stereocenters. The predicted octanol–water partition coefficient (Wildman–Crippen LogP) is 3.56. The van der Waals surface area contributed by atoms with E-state index in [1.807, 2.05) is 7.05 Å². The average Bonchev–Trinajstić information content (AvgIpc) is 2.78. The van der Waals surface area contributed by atoms with Crippen molar-refractivity contribution in [3.05, 3.63) is 34.2 Å². The highest BCUT2D eigenvalue weighted by molar-refractivity contribution is 7.98. The van der Waals surface area contributed by atoms with E-state index in [-0.39, 0.29) is 0 Å². The van der Waals surface area contributed by atoms with Crippen molar-refractivity contribution in [2.75, 3.05) is 13.3 Å². The number of hydrogen-bond acceptors (Lipinski definition) is 4. The molecule has 17 heavy (non-hydrogen) atoms. The number of rotatable bonds is 4. The number of hydrogen-bond donors (Lipinski definition) is 1. The van der Waals surface area contributed by atoms with Gasteiger partial charge in [-0.05, 0) is 32.4 Å². The minimum Gasteiger partial charge on any atom is -0.314 e. The van der Waals surface area contributed by atoms with Crippen LogP contribution in [0, 0.1) is 6.92 Å². The second kappa shape index (κ2) is 5.67. The summed E-state index contributed by atoms with van der Waals surface area (Å²) in [5.41, 5.74) is 3.62. The molecule has 1 N–H and O–H groups in total. The number of aryl methyl sites for hydroxylation is 1. The Morgan fingerprint density at radius 2 is 2.24 bits per heavy atom. The highest BCUT2D eigenvalue weighted by Gasteiger charge is 2.08. The Balaban J connectivity index is 2.40. The SMILES string of the molecule is CNCc1nc(-c2cc(C)ccc2SC)cs1. The molecule has 0 aliphatic rings. The summed E-state index contributed by atoms with van der Waals surface area (Å²) in [6.45, 7) is 2.96. The Hall–Kier alpha value is -0.840. The molecule has 0 atom stereocenters. The number of nitrogens with zero attached hydrogens (tertiary/aromatic N) is 1. The van der Waals surface area contributed by atoms with Crippen LogP contribution in [0.5, 0.6) is 0 Å². The minimum absolute atomic E-state index is 0.838. The van der Waals surface area contributed by atoms with Crippen LogP contribution in [0.4, 0.5) is 0 Å². The summed E-state index contributed by atoms with van der Waals surface area (Å²) in [5, 5.41) is 6.41.